The summed E-state index contributed by atoms with van der Waals surface area (Å²) in [6, 6.07) is 8.54. The molecule has 0 atom stereocenters. The zero-order chi connectivity index (χ0) is 11.5. The topological polar surface area (TPSA) is 38.9 Å². The lowest BCUT2D eigenvalue weighted by atomic mass is 10.1. The van der Waals surface area contributed by atoms with Gasteiger partial charge in [-0.05, 0) is 26.0 Å². The largest absolute Gasteiger partial charge is 0.330 e. The first kappa shape index (κ1) is 11.3. The zero-order valence-electron chi connectivity index (χ0n) is 9.66. The van der Waals surface area contributed by atoms with Crippen molar-refractivity contribution < 1.29 is 0 Å². The van der Waals surface area contributed by atoms with Crippen molar-refractivity contribution in [1.82, 2.24) is 4.98 Å². The molecule has 2 nitrogen and oxygen atoms in total. The molecular formula is C13H16N2S. The standard InChI is InChI=1S/C13H16N2S/c1-9-4-3-5-11(8-9)13-10(2)15-12(16-13)6-7-14/h3-5,8H,6-7,14H2,1-2H3. The SMILES string of the molecule is Cc1cccc(-c2sc(CCN)nc2C)c1. The van der Waals surface area contributed by atoms with Gasteiger partial charge in [-0.25, -0.2) is 4.98 Å². The lowest BCUT2D eigenvalue weighted by Gasteiger charge is -1.99. The number of thiazole rings is 1. The second kappa shape index (κ2) is 4.76. The molecule has 0 aliphatic carbocycles. The van der Waals surface area contributed by atoms with Crippen LogP contribution >= 0.6 is 11.3 Å². The summed E-state index contributed by atoms with van der Waals surface area (Å²) in [6.45, 7) is 4.84. The molecule has 1 heterocycles. The van der Waals surface area contributed by atoms with E-state index in [4.69, 9.17) is 5.73 Å². The lowest BCUT2D eigenvalue weighted by Crippen LogP contribution is -2.01. The molecule has 16 heavy (non-hydrogen) atoms. The van der Waals surface area contributed by atoms with Crippen LogP contribution in [0.2, 0.25) is 0 Å². The van der Waals surface area contributed by atoms with Crippen LogP contribution in [0, 0.1) is 13.8 Å². The van der Waals surface area contributed by atoms with E-state index in [1.54, 1.807) is 11.3 Å². The fraction of sp³-hybridized carbons (Fsp3) is 0.308. The van der Waals surface area contributed by atoms with Gasteiger partial charge in [0.2, 0.25) is 0 Å². The fourth-order valence-corrected chi connectivity index (χ4v) is 2.81. The molecule has 0 fully saturated rings. The first-order valence-corrected chi connectivity index (χ1v) is 6.26. The average molecular weight is 232 g/mol. The van der Waals surface area contributed by atoms with Crippen LogP contribution in [0.25, 0.3) is 10.4 Å². The van der Waals surface area contributed by atoms with Gasteiger partial charge < -0.3 is 5.73 Å². The van der Waals surface area contributed by atoms with Gasteiger partial charge in [0, 0.05) is 6.42 Å². The molecule has 0 unspecified atom stereocenters. The van der Waals surface area contributed by atoms with Gasteiger partial charge in [-0.3, -0.25) is 0 Å². The predicted molar refractivity (Wildman–Crippen MR) is 69.8 cm³/mol. The summed E-state index contributed by atoms with van der Waals surface area (Å²) in [4.78, 5) is 5.82. The summed E-state index contributed by atoms with van der Waals surface area (Å²) in [5.41, 5.74) is 9.20. The van der Waals surface area contributed by atoms with Crippen molar-refractivity contribution in [1.29, 1.82) is 0 Å². The van der Waals surface area contributed by atoms with E-state index < -0.39 is 0 Å². The van der Waals surface area contributed by atoms with E-state index in [2.05, 4.69) is 43.1 Å². The molecule has 0 radical (unpaired) electrons. The maximum atomic E-state index is 5.55. The molecule has 1 aromatic carbocycles. The van der Waals surface area contributed by atoms with Gasteiger partial charge in [0.1, 0.15) is 0 Å². The second-order valence-corrected chi connectivity index (χ2v) is 5.01. The number of hydrogen-bond donors (Lipinski definition) is 1. The van der Waals surface area contributed by atoms with Gasteiger partial charge >= 0.3 is 0 Å². The number of aromatic nitrogens is 1. The minimum Gasteiger partial charge on any atom is -0.330 e. The number of nitrogens with zero attached hydrogens (tertiary/aromatic N) is 1. The Hall–Kier alpha value is -1.19. The van der Waals surface area contributed by atoms with Crippen molar-refractivity contribution in [3.05, 3.63) is 40.5 Å². The van der Waals surface area contributed by atoms with Crippen molar-refractivity contribution in [3.63, 3.8) is 0 Å². The molecule has 3 heteroatoms. The summed E-state index contributed by atoms with van der Waals surface area (Å²) in [5.74, 6) is 0. The highest BCUT2D eigenvalue weighted by Gasteiger charge is 2.08. The van der Waals surface area contributed by atoms with Crippen molar-refractivity contribution >= 4 is 11.3 Å². The molecule has 0 saturated carbocycles. The van der Waals surface area contributed by atoms with E-state index in [1.807, 2.05) is 0 Å². The summed E-state index contributed by atoms with van der Waals surface area (Å²) < 4.78 is 0. The normalized spacial score (nSPS) is 10.7. The first-order chi connectivity index (χ1) is 7.70. The quantitative estimate of drug-likeness (QED) is 0.883. The third kappa shape index (κ3) is 2.31. The molecule has 0 spiro atoms. The highest BCUT2D eigenvalue weighted by molar-refractivity contribution is 7.15. The molecule has 2 N–H and O–H groups in total. The van der Waals surface area contributed by atoms with Crippen LogP contribution in [-0.2, 0) is 6.42 Å². The van der Waals surface area contributed by atoms with Crippen molar-refractivity contribution in [2.75, 3.05) is 6.54 Å². The molecule has 0 amide bonds. The predicted octanol–water partition coefficient (Wildman–Crippen LogP) is 2.93. The summed E-state index contributed by atoms with van der Waals surface area (Å²) in [5, 5.41) is 1.14. The summed E-state index contributed by atoms with van der Waals surface area (Å²) in [6.07, 6.45) is 0.872. The van der Waals surface area contributed by atoms with Crippen molar-refractivity contribution in [2.45, 2.75) is 20.3 Å². The van der Waals surface area contributed by atoms with Crippen LogP contribution in [0.3, 0.4) is 0 Å². The molecule has 0 saturated heterocycles. The van der Waals surface area contributed by atoms with Crippen molar-refractivity contribution in [3.8, 4) is 10.4 Å². The molecule has 0 aliphatic heterocycles. The summed E-state index contributed by atoms with van der Waals surface area (Å²) in [7, 11) is 0. The Kier molecular flexibility index (Phi) is 3.36. The Balaban J connectivity index is 2.40. The third-order valence-corrected chi connectivity index (χ3v) is 3.75. The zero-order valence-corrected chi connectivity index (χ0v) is 10.5. The van der Waals surface area contributed by atoms with E-state index in [9.17, 15) is 0 Å². The average Bonchev–Trinajstić information content (AvgIpc) is 2.60. The van der Waals surface area contributed by atoms with E-state index in [-0.39, 0.29) is 0 Å². The minimum atomic E-state index is 0.667. The van der Waals surface area contributed by atoms with Gasteiger partial charge in [0.15, 0.2) is 0 Å². The molecule has 0 aliphatic rings. The van der Waals surface area contributed by atoms with Gasteiger partial charge in [-0.1, -0.05) is 29.8 Å². The van der Waals surface area contributed by atoms with Crippen LogP contribution in [-0.4, -0.2) is 11.5 Å². The van der Waals surface area contributed by atoms with Crippen LogP contribution in [0.15, 0.2) is 24.3 Å². The number of nitrogens with two attached hydrogens (primary N) is 1. The number of benzene rings is 1. The van der Waals surface area contributed by atoms with E-state index >= 15 is 0 Å². The molecular weight excluding hydrogens is 216 g/mol. The van der Waals surface area contributed by atoms with E-state index in [1.165, 1.54) is 16.0 Å². The third-order valence-electron chi connectivity index (χ3n) is 2.48. The first-order valence-electron chi connectivity index (χ1n) is 5.44. The van der Waals surface area contributed by atoms with Gasteiger partial charge in [-0.15, -0.1) is 11.3 Å². The van der Waals surface area contributed by atoms with Crippen molar-refractivity contribution in [2.24, 2.45) is 5.73 Å². The smallest absolute Gasteiger partial charge is 0.0947 e. The maximum Gasteiger partial charge on any atom is 0.0947 e. The van der Waals surface area contributed by atoms with E-state index in [0.717, 1.165) is 17.1 Å². The van der Waals surface area contributed by atoms with Gasteiger partial charge in [0.05, 0.1) is 15.6 Å². The Morgan fingerprint density at radius 2 is 2.12 bits per heavy atom. The van der Waals surface area contributed by atoms with Crippen LogP contribution in [0.5, 0.6) is 0 Å². The molecule has 2 aromatic rings. The Labute approximate surface area is 100 Å². The summed E-state index contributed by atoms with van der Waals surface area (Å²) >= 11 is 1.75. The molecule has 2 rings (SSSR count). The Morgan fingerprint density at radius 3 is 2.81 bits per heavy atom. The van der Waals surface area contributed by atoms with Crippen LogP contribution < -0.4 is 5.73 Å². The lowest BCUT2D eigenvalue weighted by molar-refractivity contribution is 0.946. The molecule has 1 aromatic heterocycles. The Morgan fingerprint density at radius 1 is 1.31 bits per heavy atom. The second-order valence-electron chi connectivity index (χ2n) is 3.93. The highest BCUT2D eigenvalue weighted by Crippen LogP contribution is 2.30. The minimum absolute atomic E-state index is 0.667. The van der Waals surface area contributed by atoms with Gasteiger partial charge in [0.25, 0.3) is 0 Å². The maximum absolute atomic E-state index is 5.55. The van der Waals surface area contributed by atoms with E-state index in [0.29, 0.717) is 6.54 Å². The van der Waals surface area contributed by atoms with Crippen LogP contribution in [0.4, 0.5) is 0 Å². The number of aryl methyl sites for hydroxylation is 2. The number of rotatable bonds is 3. The molecule has 0 bridgehead atoms. The fourth-order valence-electron chi connectivity index (χ4n) is 1.74. The highest BCUT2D eigenvalue weighted by atomic mass is 32.1. The monoisotopic (exact) mass is 232 g/mol. The van der Waals surface area contributed by atoms with Crippen LogP contribution in [0.1, 0.15) is 16.3 Å². The van der Waals surface area contributed by atoms with Gasteiger partial charge in [-0.2, -0.15) is 0 Å². The Bertz CT molecular complexity index is 488. The number of hydrogen-bond acceptors (Lipinski definition) is 3. The molecule has 84 valence electrons.